The van der Waals surface area contributed by atoms with Crippen LogP contribution < -0.4 is 0 Å². The largest absolute Gasteiger partial charge is 0.466 e. The molecule has 2 heterocycles. The average Bonchev–Trinajstić information content (AvgIpc) is 2.89. The molecule has 1 aromatic carbocycles. The van der Waals surface area contributed by atoms with Crippen molar-refractivity contribution in [2.24, 2.45) is 0 Å². The van der Waals surface area contributed by atoms with Gasteiger partial charge in [-0.25, -0.2) is 0 Å². The van der Waals surface area contributed by atoms with Gasteiger partial charge in [0.25, 0.3) is 0 Å². The number of fused-ring (bicyclic) bond motifs is 3. The van der Waals surface area contributed by atoms with E-state index in [9.17, 15) is 4.79 Å². The van der Waals surface area contributed by atoms with Gasteiger partial charge < -0.3 is 14.5 Å². The Hall–Kier alpha value is -1.33. The molecule has 4 nitrogen and oxygen atoms in total. The van der Waals surface area contributed by atoms with E-state index in [1.165, 1.54) is 10.9 Å². The van der Waals surface area contributed by atoms with E-state index in [2.05, 4.69) is 33.9 Å². The summed E-state index contributed by atoms with van der Waals surface area (Å²) in [7, 11) is 0. The number of ether oxygens (including phenoxy) is 2. The molecular weight excluding hydrogens is 346 g/mol. The van der Waals surface area contributed by atoms with E-state index in [0.29, 0.717) is 13.2 Å². The number of aromatic amines is 1. The Bertz CT molecular complexity index is 709. The van der Waals surface area contributed by atoms with Gasteiger partial charge in [0, 0.05) is 9.86 Å². The number of benzene rings is 1. The summed E-state index contributed by atoms with van der Waals surface area (Å²) in [5.74, 6) is -0.213. The lowest BCUT2D eigenvalue weighted by Crippen LogP contribution is -2.37. The Morgan fingerprint density at radius 2 is 2.27 bits per heavy atom. The fraction of sp³-hybridized carbons (Fsp3) is 0.471. The number of nitrogens with one attached hydrogen (secondary N) is 1. The van der Waals surface area contributed by atoms with E-state index < -0.39 is 5.60 Å². The van der Waals surface area contributed by atoms with Crippen LogP contribution in [0.1, 0.15) is 37.9 Å². The minimum absolute atomic E-state index is 0.213. The number of carbonyl (C=O) groups excluding carboxylic acids is 1. The van der Waals surface area contributed by atoms with Gasteiger partial charge in [-0.3, -0.25) is 4.79 Å². The second kappa shape index (κ2) is 6.05. The number of para-hydroxylation sites is 1. The van der Waals surface area contributed by atoms with Crippen LogP contribution in [0.15, 0.2) is 22.7 Å². The van der Waals surface area contributed by atoms with Crippen LogP contribution in [0.2, 0.25) is 0 Å². The second-order valence-electron chi connectivity index (χ2n) is 5.57. The molecule has 3 rings (SSSR count). The quantitative estimate of drug-likeness (QED) is 0.831. The standard InChI is InChI=1S/C17H20BrNO3/c1-3-17(10-14(20)21-4-2)16-12(8-9-22-17)11-6-5-7-13(18)15(11)19-16/h5-7,19H,3-4,8-10H2,1-2H3. The highest BCUT2D eigenvalue weighted by Gasteiger charge is 2.41. The van der Waals surface area contributed by atoms with Crippen molar-refractivity contribution in [2.45, 2.75) is 38.7 Å². The van der Waals surface area contributed by atoms with Gasteiger partial charge in [-0.1, -0.05) is 19.1 Å². The third-order valence-electron chi connectivity index (χ3n) is 4.38. The third kappa shape index (κ3) is 2.46. The van der Waals surface area contributed by atoms with Gasteiger partial charge in [-0.2, -0.15) is 0 Å². The number of H-pyrrole nitrogens is 1. The van der Waals surface area contributed by atoms with E-state index in [4.69, 9.17) is 9.47 Å². The number of carbonyl (C=O) groups is 1. The van der Waals surface area contributed by atoms with Crippen molar-refractivity contribution >= 4 is 32.8 Å². The Morgan fingerprint density at radius 1 is 1.45 bits per heavy atom. The van der Waals surface area contributed by atoms with Crippen LogP contribution in [-0.2, 0) is 26.3 Å². The van der Waals surface area contributed by atoms with Gasteiger partial charge in [0.15, 0.2) is 0 Å². The molecule has 0 fully saturated rings. The molecule has 0 amide bonds. The maximum absolute atomic E-state index is 12.0. The summed E-state index contributed by atoms with van der Waals surface area (Å²) < 4.78 is 12.3. The molecule has 0 spiro atoms. The predicted molar refractivity (Wildman–Crippen MR) is 88.9 cm³/mol. The minimum atomic E-state index is -0.613. The topological polar surface area (TPSA) is 51.3 Å². The highest BCUT2D eigenvalue weighted by molar-refractivity contribution is 9.10. The number of halogens is 1. The molecule has 2 aromatic rings. The first kappa shape index (κ1) is 15.6. The van der Waals surface area contributed by atoms with Gasteiger partial charge in [-0.05, 0) is 47.3 Å². The molecule has 0 aliphatic carbocycles. The van der Waals surface area contributed by atoms with Crippen LogP contribution in [0.4, 0.5) is 0 Å². The molecule has 1 aromatic heterocycles. The summed E-state index contributed by atoms with van der Waals surface area (Å²) in [5, 5.41) is 1.20. The lowest BCUT2D eigenvalue weighted by Gasteiger charge is -2.36. The second-order valence-corrected chi connectivity index (χ2v) is 6.42. The van der Waals surface area contributed by atoms with Gasteiger partial charge in [0.1, 0.15) is 5.60 Å². The highest BCUT2D eigenvalue weighted by Crippen LogP contribution is 2.42. The summed E-state index contributed by atoms with van der Waals surface area (Å²) in [4.78, 5) is 15.5. The SMILES string of the molecule is CCOC(=O)CC1(CC)OCCc2c1[nH]c1c(Br)cccc21. The van der Waals surface area contributed by atoms with Crippen molar-refractivity contribution < 1.29 is 14.3 Å². The molecule has 1 aliphatic rings. The van der Waals surface area contributed by atoms with Gasteiger partial charge in [0.2, 0.25) is 0 Å². The van der Waals surface area contributed by atoms with E-state index in [0.717, 1.165) is 28.5 Å². The zero-order chi connectivity index (χ0) is 15.7. The van der Waals surface area contributed by atoms with Crippen molar-refractivity contribution in [2.75, 3.05) is 13.2 Å². The highest BCUT2D eigenvalue weighted by atomic mass is 79.9. The molecule has 5 heteroatoms. The van der Waals surface area contributed by atoms with Gasteiger partial charge in [0.05, 0.1) is 30.8 Å². The first-order valence-electron chi connectivity index (χ1n) is 7.70. The molecule has 1 unspecified atom stereocenters. The van der Waals surface area contributed by atoms with Crippen LogP contribution in [0.5, 0.6) is 0 Å². The molecule has 0 saturated carbocycles. The zero-order valence-corrected chi connectivity index (χ0v) is 14.5. The number of rotatable bonds is 4. The van der Waals surface area contributed by atoms with E-state index in [1.807, 2.05) is 19.1 Å². The first-order valence-corrected chi connectivity index (χ1v) is 8.49. The molecule has 22 heavy (non-hydrogen) atoms. The van der Waals surface area contributed by atoms with Crippen molar-refractivity contribution in [3.8, 4) is 0 Å². The molecule has 118 valence electrons. The van der Waals surface area contributed by atoms with Crippen LogP contribution in [0.25, 0.3) is 10.9 Å². The summed E-state index contributed by atoms with van der Waals surface area (Å²) >= 11 is 3.59. The maximum Gasteiger partial charge on any atom is 0.309 e. The Morgan fingerprint density at radius 3 is 3.00 bits per heavy atom. The van der Waals surface area contributed by atoms with Crippen molar-refractivity contribution in [1.29, 1.82) is 0 Å². The summed E-state index contributed by atoms with van der Waals surface area (Å²) in [6.45, 7) is 4.89. The van der Waals surface area contributed by atoms with Crippen LogP contribution >= 0.6 is 15.9 Å². The average molecular weight is 366 g/mol. The Balaban J connectivity index is 2.11. The van der Waals surface area contributed by atoms with Crippen molar-refractivity contribution in [3.05, 3.63) is 33.9 Å². The number of aromatic nitrogens is 1. The predicted octanol–water partition coefficient (Wildman–Crippen LogP) is 4.06. The van der Waals surface area contributed by atoms with Crippen LogP contribution in [-0.4, -0.2) is 24.2 Å². The molecule has 0 radical (unpaired) electrons. The molecular formula is C17H20BrNO3. The van der Waals surface area contributed by atoms with E-state index in [1.54, 1.807) is 0 Å². The van der Waals surface area contributed by atoms with E-state index in [-0.39, 0.29) is 12.4 Å². The fourth-order valence-electron chi connectivity index (χ4n) is 3.30. The lowest BCUT2D eigenvalue weighted by atomic mass is 9.86. The fourth-order valence-corrected chi connectivity index (χ4v) is 3.76. The molecule has 1 aliphatic heterocycles. The maximum atomic E-state index is 12.0. The van der Waals surface area contributed by atoms with E-state index >= 15 is 0 Å². The lowest BCUT2D eigenvalue weighted by molar-refractivity contribution is -0.154. The smallest absolute Gasteiger partial charge is 0.309 e. The Labute approximate surface area is 138 Å². The summed E-state index contributed by atoms with van der Waals surface area (Å²) in [6.07, 6.45) is 1.83. The van der Waals surface area contributed by atoms with Crippen molar-refractivity contribution in [3.63, 3.8) is 0 Å². The Kier molecular flexibility index (Phi) is 4.28. The third-order valence-corrected chi connectivity index (χ3v) is 5.04. The molecule has 0 bridgehead atoms. The summed E-state index contributed by atoms with van der Waals surface area (Å²) in [5.41, 5.74) is 2.74. The van der Waals surface area contributed by atoms with Gasteiger partial charge >= 0.3 is 5.97 Å². The molecule has 0 saturated heterocycles. The van der Waals surface area contributed by atoms with Crippen LogP contribution in [0, 0.1) is 0 Å². The zero-order valence-electron chi connectivity index (χ0n) is 12.9. The normalized spacial score (nSPS) is 20.9. The number of hydrogen-bond donors (Lipinski definition) is 1. The summed E-state index contributed by atoms with van der Waals surface area (Å²) in [6, 6.07) is 6.17. The number of esters is 1. The van der Waals surface area contributed by atoms with Crippen molar-refractivity contribution in [1.82, 2.24) is 4.98 Å². The number of hydrogen-bond acceptors (Lipinski definition) is 3. The minimum Gasteiger partial charge on any atom is -0.466 e. The molecule has 1 atom stereocenters. The first-order chi connectivity index (χ1) is 10.6. The molecule has 1 N–H and O–H groups in total. The van der Waals surface area contributed by atoms with Gasteiger partial charge in [-0.15, -0.1) is 0 Å². The monoisotopic (exact) mass is 365 g/mol. The van der Waals surface area contributed by atoms with Crippen LogP contribution in [0.3, 0.4) is 0 Å².